The lowest BCUT2D eigenvalue weighted by molar-refractivity contribution is 0.661. The molecule has 0 radical (unpaired) electrons. The van der Waals surface area contributed by atoms with Gasteiger partial charge in [-0.3, -0.25) is 0 Å². The molecule has 1 aliphatic rings. The van der Waals surface area contributed by atoms with Crippen molar-refractivity contribution in [2.24, 2.45) is 0 Å². The second kappa shape index (κ2) is 13.9. The van der Waals surface area contributed by atoms with Gasteiger partial charge in [-0.1, -0.05) is 147 Å². The Morgan fingerprint density at radius 1 is 0.433 bits per heavy atom. The monoisotopic (exact) mass is 766 g/mol. The van der Waals surface area contributed by atoms with Gasteiger partial charge in [0.15, 0.2) is 5.82 Å². The molecule has 4 nitrogen and oxygen atoms in total. The summed E-state index contributed by atoms with van der Waals surface area (Å²) in [6.07, 6.45) is 0. The maximum absolute atomic E-state index is 10.3. The Morgan fingerprint density at radius 2 is 1.00 bits per heavy atom. The average molecular weight is 767 g/mol. The Morgan fingerprint density at radius 3 is 1.73 bits per heavy atom. The molecule has 4 heteroatoms. The van der Waals surface area contributed by atoms with E-state index in [1.165, 1.54) is 33.0 Å². The van der Waals surface area contributed by atoms with Crippen LogP contribution in [0.1, 0.15) is 30.5 Å². The number of benzene rings is 8. The Labute approximate surface area is 349 Å². The van der Waals surface area contributed by atoms with Crippen molar-refractivity contribution in [2.75, 3.05) is 0 Å². The Bertz CT molecular complexity index is 3280. The van der Waals surface area contributed by atoms with Crippen molar-refractivity contribution in [3.63, 3.8) is 0 Å². The number of fused-ring (bicyclic) bond motifs is 6. The van der Waals surface area contributed by atoms with E-state index in [4.69, 9.17) is 9.97 Å². The number of nitriles is 1. The lowest BCUT2D eigenvalue weighted by atomic mass is 9.82. The summed E-state index contributed by atoms with van der Waals surface area (Å²) in [6.45, 7) is 4.68. The zero-order chi connectivity index (χ0) is 40.4. The third-order valence-electron chi connectivity index (χ3n) is 12.2. The zero-order valence-electron chi connectivity index (χ0n) is 33.3. The molecular weight excluding hydrogens is 729 g/mol. The number of aromatic nitrogens is 3. The van der Waals surface area contributed by atoms with Crippen LogP contribution in [0.3, 0.4) is 0 Å². The van der Waals surface area contributed by atoms with Gasteiger partial charge in [0, 0.05) is 38.6 Å². The van der Waals surface area contributed by atoms with Crippen molar-refractivity contribution in [1.82, 2.24) is 14.5 Å². The lowest BCUT2D eigenvalue weighted by Crippen LogP contribution is -2.15. The zero-order valence-corrected chi connectivity index (χ0v) is 33.3. The normalized spacial score (nSPS) is 12.6. The first-order valence-corrected chi connectivity index (χ1v) is 20.4. The highest BCUT2D eigenvalue weighted by molar-refractivity contribution is 6.12. The van der Waals surface area contributed by atoms with Gasteiger partial charge >= 0.3 is 0 Å². The molecular formula is C56H38N4. The smallest absolute Gasteiger partial charge is 0.160 e. The summed E-state index contributed by atoms with van der Waals surface area (Å²) >= 11 is 0. The maximum atomic E-state index is 10.3. The van der Waals surface area contributed by atoms with Crippen LogP contribution in [-0.2, 0) is 5.41 Å². The molecule has 0 unspecified atom stereocenters. The molecule has 0 aliphatic heterocycles. The predicted molar refractivity (Wildman–Crippen MR) is 246 cm³/mol. The quantitative estimate of drug-likeness (QED) is 0.169. The molecule has 0 bridgehead atoms. The number of rotatable bonds is 6. The molecule has 0 N–H and O–H groups in total. The van der Waals surface area contributed by atoms with E-state index in [1.54, 1.807) is 0 Å². The van der Waals surface area contributed by atoms with Crippen molar-refractivity contribution in [3.05, 3.63) is 211 Å². The minimum absolute atomic E-state index is 0.164. The van der Waals surface area contributed by atoms with E-state index in [0.717, 1.165) is 67.1 Å². The highest BCUT2D eigenvalue weighted by Crippen LogP contribution is 2.51. The van der Waals surface area contributed by atoms with Crippen LogP contribution < -0.4 is 0 Å². The summed E-state index contributed by atoms with van der Waals surface area (Å²) in [5, 5.41) is 12.8. The third-order valence-corrected chi connectivity index (χ3v) is 12.2. The Kier molecular flexibility index (Phi) is 8.18. The number of hydrogen-bond acceptors (Lipinski definition) is 3. The van der Waals surface area contributed by atoms with E-state index in [0.29, 0.717) is 11.4 Å². The van der Waals surface area contributed by atoms with Gasteiger partial charge in [-0.15, -0.1) is 0 Å². The van der Waals surface area contributed by atoms with Crippen LogP contribution >= 0.6 is 0 Å². The molecule has 11 rings (SSSR count). The van der Waals surface area contributed by atoms with Crippen LogP contribution in [0.15, 0.2) is 194 Å². The van der Waals surface area contributed by atoms with Crippen molar-refractivity contribution >= 4 is 21.8 Å². The Balaban J connectivity index is 1.21. The summed E-state index contributed by atoms with van der Waals surface area (Å²) in [6, 6.07) is 70.6. The topological polar surface area (TPSA) is 54.5 Å². The lowest BCUT2D eigenvalue weighted by Gasteiger charge is -2.22. The standard InChI is InChI=1S/C56H38N4/c1-56(2)49-24-14-12-22-45(49)47-32-48-46-23-13-15-25-53(46)60(54(48)33-50(47)56)44-30-42(41-27-36(35-57)26-40(28-41)37-16-6-3-7-17-37)29-43(31-44)52-34-51(38-18-8-4-9-19-38)58-55(59-52)39-20-10-5-11-21-39/h3-34H,1-2H3. The van der Waals surface area contributed by atoms with E-state index in [2.05, 4.69) is 152 Å². The highest BCUT2D eigenvalue weighted by Gasteiger charge is 2.36. The molecule has 0 saturated heterocycles. The minimum Gasteiger partial charge on any atom is -0.309 e. The van der Waals surface area contributed by atoms with Gasteiger partial charge in [-0.05, 0) is 105 Å². The van der Waals surface area contributed by atoms with E-state index < -0.39 is 0 Å². The van der Waals surface area contributed by atoms with Gasteiger partial charge in [0.2, 0.25) is 0 Å². The number of nitrogens with zero attached hydrogens (tertiary/aromatic N) is 4. The minimum atomic E-state index is -0.164. The molecule has 1 aliphatic carbocycles. The van der Waals surface area contributed by atoms with Crippen molar-refractivity contribution < 1.29 is 0 Å². The fourth-order valence-electron chi connectivity index (χ4n) is 9.22. The highest BCUT2D eigenvalue weighted by atomic mass is 15.0. The van der Waals surface area contributed by atoms with Gasteiger partial charge in [0.25, 0.3) is 0 Å². The van der Waals surface area contributed by atoms with Crippen molar-refractivity contribution in [3.8, 4) is 79.0 Å². The van der Waals surface area contributed by atoms with Crippen molar-refractivity contribution in [2.45, 2.75) is 19.3 Å². The second-order valence-corrected chi connectivity index (χ2v) is 16.2. The summed E-state index contributed by atoms with van der Waals surface area (Å²) in [5.74, 6) is 0.658. The third kappa shape index (κ3) is 5.82. The van der Waals surface area contributed by atoms with Crippen LogP contribution in [0.25, 0.3) is 94.8 Å². The molecule has 0 saturated carbocycles. The van der Waals surface area contributed by atoms with Crippen LogP contribution in [0.2, 0.25) is 0 Å². The number of hydrogen-bond donors (Lipinski definition) is 0. The van der Waals surface area contributed by atoms with Gasteiger partial charge < -0.3 is 4.57 Å². The Hall–Kier alpha value is -7.87. The van der Waals surface area contributed by atoms with Gasteiger partial charge in [-0.2, -0.15) is 5.26 Å². The number of para-hydroxylation sites is 1. The summed E-state index contributed by atoms with van der Waals surface area (Å²) in [4.78, 5) is 10.4. The van der Waals surface area contributed by atoms with Crippen LogP contribution in [-0.4, -0.2) is 14.5 Å². The first-order valence-electron chi connectivity index (χ1n) is 20.4. The van der Waals surface area contributed by atoms with Crippen LogP contribution in [0.4, 0.5) is 0 Å². The molecule has 282 valence electrons. The van der Waals surface area contributed by atoms with Gasteiger partial charge in [0.1, 0.15) is 0 Å². The van der Waals surface area contributed by atoms with Gasteiger partial charge in [-0.25, -0.2) is 9.97 Å². The SMILES string of the molecule is CC1(C)c2ccccc2-c2cc3c4ccccc4n(-c4cc(-c5cc(C#N)cc(-c6ccccc6)c5)cc(-c5cc(-c6ccccc6)nc(-c6ccccc6)n5)c4)c3cc21. The molecule has 60 heavy (non-hydrogen) atoms. The van der Waals surface area contributed by atoms with Crippen LogP contribution in [0.5, 0.6) is 0 Å². The van der Waals surface area contributed by atoms with Crippen LogP contribution in [0, 0.1) is 11.3 Å². The van der Waals surface area contributed by atoms with E-state index in [9.17, 15) is 5.26 Å². The first kappa shape index (κ1) is 35.3. The van der Waals surface area contributed by atoms with Gasteiger partial charge in [0.05, 0.1) is 34.1 Å². The molecule has 10 aromatic rings. The predicted octanol–water partition coefficient (Wildman–Crippen LogP) is 14.1. The molecule has 0 spiro atoms. The summed E-state index contributed by atoms with van der Waals surface area (Å²) in [5.41, 5.74) is 17.5. The molecule has 2 heterocycles. The summed E-state index contributed by atoms with van der Waals surface area (Å²) < 4.78 is 2.42. The molecule has 0 amide bonds. The molecule has 0 atom stereocenters. The maximum Gasteiger partial charge on any atom is 0.160 e. The molecule has 0 fully saturated rings. The second-order valence-electron chi connectivity index (χ2n) is 16.2. The molecule has 8 aromatic carbocycles. The molecule has 2 aromatic heterocycles. The largest absolute Gasteiger partial charge is 0.309 e. The first-order chi connectivity index (χ1) is 29.4. The van der Waals surface area contributed by atoms with E-state index >= 15 is 0 Å². The van der Waals surface area contributed by atoms with E-state index in [-0.39, 0.29) is 5.41 Å². The fourth-order valence-corrected chi connectivity index (χ4v) is 9.22. The van der Waals surface area contributed by atoms with Crippen molar-refractivity contribution in [1.29, 1.82) is 5.26 Å². The summed E-state index contributed by atoms with van der Waals surface area (Å²) in [7, 11) is 0. The van der Waals surface area contributed by atoms with E-state index in [1.807, 2.05) is 66.7 Å². The average Bonchev–Trinajstić information content (AvgIpc) is 3.76. The fraction of sp³-hybridized carbons (Fsp3) is 0.0536.